The molecule has 0 atom stereocenters. The Hall–Kier alpha value is -5.12. The van der Waals surface area contributed by atoms with E-state index in [1.165, 1.54) is 53.6 Å². The molecule has 0 aliphatic rings. The lowest BCUT2D eigenvalue weighted by Gasteiger charge is -2.09. The van der Waals surface area contributed by atoms with Crippen molar-refractivity contribution in [3.05, 3.63) is 140 Å². The van der Waals surface area contributed by atoms with Crippen molar-refractivity contribution in [3.63, 3.8) is 0 Å². The van der Waals surface area contributed by atoms with Gasteiger partial charge in [-0.3, -0.25) is 0 Å². The maximum Gasteiger partial charge on any atom is 0.136 e. The Morgan fingerprint density at radius 1 is 0.463 bits per heavy atom. The molecule has 0 aliphatic carbocycles. The van der Waals surface area contributed by atoms with E-state index in [0.29, 0.717) is 0 Å². The Labute approximate surface area is 240 Å². The van der Waals surface area contributed by atoms with E-state index in [2.05, 4.69) is 132 Å². The van der Waals surface area contributed by atoms with Crippen LogP contribution in [0.25, 0.3) is 81.1 Å². The molecule has 192 valence electrons. The maximum absolute atomic E-state index is 6.19. The first-order valence-corrected chi connectivity index (χ1v) is 14.7. The van der Waals surface area contributed by atoms with E-state index in [1.807, 2.05) is 23.5 Å². The molecular weight excluding hydrogens is 518 g/mol. The van der Waals surface area contributed by atoms with Crippen LogP contribution in [0.5, 0.6) is 0 Å². The third-order valence-corrected chi connectivity index (χ3v) is 9.46. The Morgan fingerprint density at radius 3 is 2.10 bits per heavy atom. The van der Waals surface area contributed by atoms with Crippen LogP contribution in [-0.4, -0.2) is 4.57 Å². The second kappa shape index (κ2) is 8.69. The van der Waals surface area contributed by atoms with Gasteiger partial charge in [0, 0.05) is 31.9 Å². The van der Waals surface area contributed by atoms with Crippen molar-refractivity contribution in [2.45, 2.75) is 0 Å². The van der Waals surface area contributed by atoms with Gasteiger partial charge in [-0.15, -0.1) is 11.3 Å². The largest absolute Gasteiger partial charge is 0.456 e. The molecule has 3 heteroatoms. The van der Waals surface area contributed by atoms with Crippen LogP contribution in [0.15, 0.2) is 144 Å². The van der Waals surface area contributed by atoms with Crippen molar-refractivity contribution in [1.82, 2.24) is 4.57 Å². The van der Waals surface area contributed by atoms with E-state index >= 15 is 0 Å². The van der Waals surface area contributed by atoms with Gasteiger partial charge >= 0.3 is 0 Å². The molecule has 0 radical (unpaired) electrons. The summed E-state index contributed by atoms with van der Waals surface area (Å²) in [5.41, 5.74) is 10.4. The van der Waals surface area contributed by atoms with Gasteiger partial charge in [0.15, 0.2) is 0 Å². The van der Waals surface area contributed by atoms with E-state index in [1.54, 1.807) is 0 Å². The Kier molecular flexibility index (Phi) is 4.80. The molecule has 0 unspecified atom stereocenters. The lowest BCUT2D eigenvalue weighted by Crippen LogP contribution is -1.92. The van der Waals surface area contributed by atoms with E-state index in [4.69, 9.17) is 4.42 Å². The van der Waals surface area contributed by atoms with Crippen molar-refractivity contribution < 1.29 is 4.42 Å². The summed E-state index contributed by atoms with van der Waals surface area (Å²) in [5.74, 6) is 0. The van der Waals surface area contributed by atoms with Crippen molar-refractivity contribution in [3.8, 4) is 27.9 Å². The monoisotopic (exact) mass is 541 g/mol. The van der Waals surface area contributed by atoms with Crippen LogP contribution in [0.3, 0.4) is 0 Å². The maximum atomic E-state index is 6.19. The van der Waals surface area contributed by atoms with Crippen LogP contribution in [0, 0.1) is 0 Å². The van der Waals surface area contributed by atoms with E-state index in [-0.39, 0.29) is 0 Å². The molecule has 3 aromatic heterocycles. The Morgan fingerprint density at radius 2 is 1.17 bits per heavy atom. The molecule has 0 fully saturated rings. The number of benzene rings is 6. The van der Waals surface area contributed by atoms with Gasteiger partial charge in [-0.05, 0) is 64.7 Å². The average Bonchev–Trinajstić information content (AvgIpc) is 3.70. The van der Waals surface area contributed by atoms with Crippen LogP contribution < -0.4 is 0 Å². The van der Waals surface area contributed by atoms with Crippen LogP contribution in [0.2, 0.25) is 0 Å². The molecule has 0 N–H and O–H groups in total. The molecule has 0 bridgehead atoms. The van der Waals surface area contributed by atoms with Gasteiger partial charge in [-0.25, -0.2) is 0 Å². The molecule has 0 aliphatic heterocycles. The third-order valence-electron chi connectivity index (χ3n) is 8.20. The summed E-state index contributed by atoms with van der Waals surface area (Å²) in [6.45, 7) is 0. The summed E-state index contributed by atoms with van der Waals surface area (Å²) >= 11 is 1.90. The van der Waals surface area contributed by atoms with Gasteiger partial charge in [-0.1, -0.05) is 97.1 Å². The molecule has 9 aromatic rings. The topological polar surface area (TPSA) is 18.1 Å². The van der Waals surface area contributed by atoms with Crippen LogP contribution >= 0.6 is 11.3 Å². The van der Waals surface area contributed by atoms with Gasteiger partial charge in [0.1, 0.15) is 11.2 Å². The zero-order valence-electron chi connectivity index (χ0n) is 22.0. The predicted octanol–water partition coefficient (Wildman–Crippen LogP) is 11.2. The summed E-state index contributed by atoms with van der Waals surface area (Å²) < 4.78 is 11.3. The number of para-hydroxylation sites is 3. The number of rotatable bonds is 3. The molecule has 41 heavy (non-hydrogen) atoms. The zero-order valence-corrected chi connectivity index (χ0v) is 22.9. The number of hydrogen-bond donors (Lipinski definition) is 0. The third kappa shape index (κ3) is 3.36. The van der Waals surface area contributed by atoms with Crippen molar-refractivity contribution in [2.24, 2.45) is 0 Å². The number of hydrogen-bond acceptors (Lipinski definition) is 2. The van der Waals surface area contributed by atoms with Crippen molar-refractivity contribution >= 4 is 64.5 Å². The first kappa shape index (κ1) is 22.7. The molecular formula is C38H23NOS. The lowest BCUT2D eigenvalue weighted by molar-refractivity contribution is 0.669. The van der Waals surface area contributed by atoms with E-state index in [0.717, 1.165) is 27.5 Å². The number of nitrogens with zero attached hydrogens (tertiary/aromatic N) is 1. The number of thiophene rings is 1. The smallest absolute Gasteiger partial charge is 0.136 e. The van der Waals surface area contributed by atoms with Crippen LogP contribution in [-0.2, 0) is 0 Å². The minimum absolute atomic E-state index is 0.922. The van der Waals surface area contributed by atoms with E-state index in [9.17, 15) is 0 Å². The SMILES string of the molecule is c1ccc(-n2c3ccccc3c3sc4c(-c5cccc(-c6ccc7c(c6)oc6ccccc67)c5)cccc4c32)cc1. The summed E-state index contributed by atoms with van der Waals surface area (Å²) in [6, 6.07) is 49.9. The molecule has 0 saturated heterocycles. The fourth-order valence-corrected chi connectivity index (χ4v) is 7.69. The molecule has 0 amide bonds. The molecule has 0 saturated carbocycles. The summed E-state index contributed by atoms with van der Waals surface area (Å²) in [6.07, 6.45) is 0. The second-order valence-corrected chi connectivity index (χ2v) is 11.6. The minimum Gasteiger partial charge on any atom is -0.456 e. The second-order valence-electron chi connectivity index (χ2n) is 10.5. The standard InChI is InChI=1S/C38H23NOS/c1-2-12-27(13-3-1)39-33-18-6-4-15-31(33)38-36(39)32-17-9-16-28(37(32)41-38)26-11-8-10-24(22-26)25-20-21-30-29-14-5-7-19-34(29)40-35(30)23-25/h1-23H. The van der Waals surface area contributed by atoms with Gasteiger partial charge < -0.3 is 8.98 Å². The van der Waals surface area contributed by atoms with Gasteiger partial charge in [0.2, 0.25) is 0 Å². The van der Waals surface area contributed by atoms with Crippen molar-refractivity contribution in [2.75, 3.05) is 0 Å². The summed E-state index contributed by atoms with van der Waals surface area (Å²) in [5, 5.41) is 4.90. The first-order chi connectivity index (χ1) is 20.3. The minimum atomic E-state index is 0.922. The normalized spacial score (nSPS) is 11.9. The first-order valence-electron chi connectivity index (χ1n) is 13.9. The van der Waals surface area contributed by atoms with Gasteiger partial charge in [0.25, 0.3) is 0 Å². The summed E-state index contributed by atoms with van der Waals surface area (Å²) in [7, 11) is 0. The fourth-order valence-electron chi connectivity index (χ4n) is 6.34. The van der Waals surface area contributed by atoms with Crippen LogP contribution in [0.4, 0.5) is 0 Å². The highest BCUT2D eigenvalue weighted by Gasteiger charge is 2.19. The zero-order chi connectivity index (χ0) is 26.9. The lowest BCUT2D eigenvalue weighted by atomic mass is 9.97. The highest BCUT2D eigenvalue weighted by molar-refractivity contribution is 7.27. The molecule has 2 nitrogen and oxygen atoms in total. The predicted molar refractivity (Wildman–Crippen MR) is 174 cm³/mol. The van der Waals surface area contributed by atoms with Gasteiger partial charge in [-0.2, -0.15) is 0 Å². The van der Waals surface area contributed by atoms with Gasteiger partial charge in [0.05, 0.1) is 15.7 Å². The number of fused-ring (bicyclic) bond motifs is 8. The summed E-state index contributed by atoms with van der Waals surface area (Å²) in [4.78, 5) is 0. The Bertz CT molecular complexity index is 2420. The van der Waals surface area contributed by atoms with Crippen LogP contribution in [0.1, 0.15) is 0 Å². The highest BCUT2D eigenvalue weighted by atomic mass is 32.1. The molecule has 3 heterocycles. The molecule has 9 rings (SSSR count). The average molecular weight is 542 g/mol. The number of aromatic nitrogens is 1. The quantitative estimate of drug-likeness (QED) is 0.217. The van der Waals surface area contributed by atoms with E-state index < -0.39 is 0 Å². The molecule has 0 spiro atoms. The van der Waals surface area contributed by atoms with Crippen molar-refractivity contribution in [1.29, 1.82) is 0 Å². The fraction of sp³-hybridized carbons (Fsp3) is 0. The number of furan rings is 1. The highest BCUT2D eigenvalue weighted by Crippen LogP contribution is 2.45. The molecule has 6 aromatic carbocycles. The Balaban J connectivity index is 1.24.